The number of fused-ring (bicyclic) bond motifs is 2. The van der Waals surface area contributed by atoms with Crippen LogP contribution in [0, 0.1) is 0 Å². The first-order chi connectivity index (χ1) is 15.0. The molecule has 1 atom stereocenters. The van der Waals surface area contributed by atoms with Gasteiger partial charge in [0.1, 0.15) is 11.7 Å². The molecule has 0 spiro atoms. The van der Waals surface area contributed by atoms with Crippen LogP contribution < -0.4 is 16.6 Å². The Labute approximate surface area is 176 Å². The minimum absolute atomic E-state index is 0.317. The van der Waals surface area contributed by atoms with E-state index in [4.69, 9.17) is 4.74 Å². The van der Waals surface area contributed by atoms with Crippen LogP contribution in [0.2, 0.25) is 0 Å². The van der Waals surface area contributed by atoms with Gasteiger partial charge < -0.3 is 10.1 Å². The third-order valence-corrected chi connectivity index (χ3v) is 5.35. The summed E-state index contributed by atoms with van der Waals surface area (Å²) in [5, 5.41) is 4.02. The zero-order valence-electron chi connectivity index (χ0n) is 17.3. The van der Waals surface area contributed by atoms with Crippen molar-refractivity contribution in [2.24, 2.45) is 7.05 Å². The average Bonchev–Trinajstić information content (AvgIpc) is 2.81. The molecule has 0 aliphatic carbocycles. The fourth-order valence-corrected chi connectivity index (χ4v) is 3.73. The molecule has 0 saturated heterocycles. The fraction of sp³-hybridized carbons (Fsp3) is 0.227. The zero-order valence-corrected chi connectivity index (χ0v) is 17.3. The highest BCUT2D eigenvalue weighted by Gasteiger charge is 2.21. The Bertz CT molecular complexity index is 1420. The SMILES string of the molecule is CN[C@@H](Cc1ccc(-n2c(=O)c3cccnc3n(C)c2=O)c2ncccc12)C(=O)OC. The van der Waals surface area contributed by atoms with Crippen LogP contribution in [0.3, 0.4) is 0 Å². The number of benzene rings is 1. The van der Waals surface area contributed by atoms with E-state index in [-0.39, 0.29) is 5.97 Å². The van der Waals surface area contributed by atoms with E-state index < -0.39 is 17.3 Å². The van der Waals surface area contributed by atoms with Gasteiger partial charge in [0.25, 0.3) is 5.56 Å². The lowest BCUT2D eigenvalue weighted by Crippen LogP contribution is -2.38. The van der Waals surface area contributed by atoms with E-state index in [1.807, 2.05) is 6.07 Å². The summed E-state index contributed by atoms with van der Waals surface area (Å²) in [5.41, 5.74) is 1.03. The van der Waals surface area contributed by atoms with E-state index in [1.54, 1.807) is 50.6 Å². The molecule has 9 nitrogen and oxygen atoms in total. The monoisotopic (exact) mass is 419 g/mol. The predicted octanol–water partition coefficient (Wildman–Crippen LogP) is 0.936. The largest absolute Gasteiger partial charge is 0.468 e. The number of methoxy groups -OCH3 is 1. The first-order valence-electron chi connectivity index (χ1n) is 9.66. The predicted molar refractivity (Wildman–Crippen MR) is 116 cm³/mol. The molecule has 0 saturated carbocycles. The van der Waals surface area contributed by atoms with Gasteiger partial charge in [0.2, 0.25) is 0 Å². The van der Waals surface area contributed by atoms with Crippen molar-refractivity contribution in [3.05, 3.63) is 75.2 Å². The minimum atomic E-state index is -0.540. The number of hydrogen-bond donors (Lipinski definition) is 1. The molecular formula is C22H21N5O4. The van der Waals surface area contributed by atoms with Crippen molar-refractivity contribution >= 4 is 27.9 Å². The molecule has 3 heterocycles. The van der Waals surface area contributed by atoms with Crippen LogP contribution in [-0.2, 0) is 23.0 Å². The van der Waals surface area contributed by atoms with Crippen molar-refractivity contribution in [1.82, 2.24) is 24.4 Å². The molecule has 1 aromatic carbocycles. The topological polar surface area (TPSA) is 108 Å². The second-order valence-electron chi connectivity index (χ2n) is 7.07. The van der Waals surface area contributed by atoms with Gasteiger partial charge >= 0.3 is 11.7 Å². The van der Waals surface area contributed by atoms with E-state index in [2.05, 4.69) is 15.3 Å². The summed E-state index contributed by atoms with van der Waals surface area (Å²) >= 11 is 0. The molecule has 1 N–H and O–H groups in total. The molecule has 0 fully saturated rings. The third kappa shape index (κ3) is 3.38. The number of aryl methyl sites for hydroxylation is 1. The van der Waals surface area contributed by atoms with E-state index in [0.717, 1.165) is 15.5 Å². The molecule has 0 radical (unpaired) electrons. The highest BCUT2D eigenvalue weighted by atomic mass is 16.5. The van der Waals surface area contributed by atoms with Crippen LogP contribution >= 0.6 is 0 Å². The number of ether oxygens (including phenoxy) is 1. The van der Waals surface area contributed by atoms with E-state index in [1.165, 1.54) is 17.9 Å². The molecule has 0 amide bonds. The van der Waals surface area contributed by atoms with E-state index >= 15 is 0 Å². The number of hydrogen-bond acceptors (Lipinski definition) is 7. The quantitative estimate of drug-likeness (QED) is 0.480. The summed E-state index contributed by atoms with van der Waals surface area (Å²) < 4.78 is 7.30. The van der Waals surface area contributed by atoms with Gasteiger partial charge in [-0.15, -0.1) is 0 Å². The van der Waals surface area contributed by atoms with Crippen molar-refractivity contribution in [2.45, 2.75) is 12.5 Å². The fourth-order valence-electron chi connectivity index (χ4n) is 3.73. The normalized spacial score (nSPS) is 12.2. The minimum Gasteiger partial charge on any atom is -0.468 e. The van der Waals surface area contributed by atoms with Gasteiger partial charge in [-0.3, -0.25) is 19.1 Å². The lowest BCUT2D eigenvalue weighted by Gasteiger charge is -2.17. The van der Waals surface area contributed by atoms with Crippen LogP contribution in [0.5, 0.6) is 0 Å². The van der Waals surface area contributed by atoms with Crippen LogP contribution in [0.4, 0.5) is 0 Å². The molecular weight excluding hydrogens is 398 g/mol. The number of aromatic nitrogens is 4. The summed E-state index contributed by atoms with van der Waals surface area (Å²) in [6.45, 7) is 0. The molecule has 158 valence electrons. The summed E-state index contributed by atoms with van der Waals surface area (Å²) in [7, 11) is 4.60. The molecule has 9 heteroatoms. The maximum atomic E-state index is 13.2. The van der Waals surface area contributed by atoms with Crippen LogP contribution in [0.1, 0.15) is 5.56 Å². The summed E-state index contributed by atoms with van der Waals surface area (Å²) in [5.74, 6) is -0.379. The van der Waals surface area contributed by atoms with Crippen LogP contribution in [0.25, 0.3) is 27.6 Å². The smallest absolute Gasteiger partial charge is 0.337 e. The van der Waals surface area contributed by atoms with Gasteiger partial charge in [0.15, 0.2) is 0 Å². The number of carbonyl (C=O) groups is 1. The Hall–Kier alpha value is -3.85. The summed E-state index contributed by atoms with van der Waals surface area (Å²) in [4.78, 5) is 46.9. The lowest BCUT2D eigenvalue weighted by atomic mass is 10.00. The Morgan fingerprint density at radius 2 is 1.81 bits per heavy atom. The Morgan fingerprint density at radius 3 is 2.52 bits per heavy atom. The Kier molecular flexibility index (Phi) is 5.35. The number of carbonyl (C=O) groups excluding carboxylic acids is 1. The lowest BCUT2D eigenvalue weighted by molar-refractivity contribution is -0.142. The van der Waals surface area contributed by atoms with Gasteiger partial charge in [-0.05, 0) is 43.3 Å². The second kappa shape index (κ2) is 8.11. The molecule has 4 aromatic rings. The van der Waals surface area contributed by atoms with Crippen LogP contribution in [-0.4, -0.2) is 45.3 Å². The zero-order chi connectivity index (χ0) is 22.1. The van der Waals surface area contributed by atoms with Crippen molar-refractivity contribution in [2.75, 3.05) is 14.2 Å². The van der Waals surface area contributed by atoms with Crippen molar-refractivity contribution < 1.29 is 9.53 Å². The van der Waals surface area contributed by atoms with Gasteiger partial charge in [-0.1, -0.05) is 12.1 Å². The van der Waals surface area contributed by atoms with E-state index in [9.17, 15) is 14.4 Å². The average molecular weight is 419 g/mol. The van der Waals surface area contributed by atoms with Gasteiger partial charge in [0.05, 0.1) is 23.7 Å². The number of esters is 1. The van der Waals surface area contributed by atoms with Crippen molar-refractivity contribution in [3.8, 4) is 5.69 Å². The molecule has 31 heavy (non-hydrogen) atoms. The Morgan fingerprint density at radius 1 is 1.10 bits per heavy atom. The number of likely N-dealkylation sites (N-methyl/N-ethyl adjacent to an activating group) is 1. The highest BCUT2D eigenvalue weighted by Crippen LogP contribution is 2.24. The van der Waals surface area contributed by atoms with Gasteiger partial charge in [-0.25, -0.2) is 14.3 Å². The van der Waals surface area contributed by atoms with Gasteiger partial charge in [0, 0.05) is 24.8 Å². The molecule has 0 bridgehead atoms. The Balaban J connectivity index is 1.97. The van der Waals surface area contributed by atoms with Gasteiger partial charge in [-0.2, -0.15) is 0 Å². The second-order valence-corrected chi connectivity index (χ2v) is 7.07. The highest BCUT2D eigenvalue weighted by molar-refractivity contribution is 5.90. The molecule has 4 rings (SSSR count). The molecule has 3 aromatic heterocycles. The number of nitrogens with one attached hydrogen (secondary N) is 1. The maximum Gasteiger partial charge on any atom is 0.337 e. The number of pyridine rings is 2. The number of rotatable bonds is 5. The molecule has 0 aliphatic rings. The van der Waals surface area contributed by atoms with Crippen molar-refractivity contribution in [1.29, 1.82) is 0 Å². The third-order valence-electron chi connectivity index (χ3n) is 5.35. The molecule has 0 aliphatic heterocycles. The first-order valence-corrected chi connectivity index (χ1v) is 9.66. The van der Waals surface area contributed by atoms with E-state index in [0.29, 0.717) is 28.7 Å². The molecule has 0 unspecified atom stereocenters. The maximum absolute atomic E-state index is 13.2. The number of nitrogens with zero attached hydrogens (tertiary/aromatic N) is 4. The van der Waals surface area contributed by atoms with Crippen molar-refractivity contribution in [3.63, 3.8) is 0 Å². The summed E-state index contributed by atoms with van der Waals surface area (Å²) in [6.07, 6.45) is 3.50. The first kappa shape index (κ1) is 20.4. The standard InChI is InChI=1S/C22H21N5O4/c1-23-16(21(29)31-3)12-13-8-9-17(18-14(13)6-4-10-24-18)27-20(28)15-7-5-11-25-19(15)26(2)22(27)30/h4-11,16,23H,12H2,1-3H3/t16-/m0/s1. The van der Waals surface area contributed by atoms with Crippen LogP contribution in [0.15, 0.2) is 58.4 Å². The summed E-state index contributed by atoms with van der Waals surface area (Å²) in [6, 6.07) is 9.85.